The van der Waals surface area contributed by atoms with Gasteiger partial charge in [-0.15, -0.1) is 11.8 Å². The Bertz CT molecular complexity index is 816. The molecule has 2 fully saturated rings. The molecule has 2 aliphatic heterocycles. The van der Waals surface area contributed by atoms with Crippen LogP contribution in [0.5, 0.6) is 0 Å². The number of amides is 1. The predicted molar refractivity (Wildman–Crippen MR) is 87.7 cm³/mol. The fourth-order valence-electron chi connectivity index (χ4n) is 3.06. The maximum Gasteiger partial charge on any atom is 0.243 e. The Balaban J connectivity index is 1.90. The van der Waals surface area contributed by atoms with Gasteiger partial charge in [-0.05, 0) is 24.3 Å². The standard InChI is InChI=1S/C15H17FN2O6S2/c16-9-1-3-11(4-2-9)26(23,24)18-6-10(19)5-12(18)14(20)17-8-25-7-13(17)15(21)22/h1-4,10,12-13,19H,5-8H2,(H,21,22)/p-1/t10-,12-,13-/m1/s1. The van der Waals surface area contributed by atoms with E-state index < -0.39 is 45.9 Å². The summed E-state index contributed by atoms with van der Waals surface area (Å²) in [6.45, 7) is -0.299. The predicted octanol–water partition coefficient (Wildman–Crippen LogP) is -1.40. The first-order chi connectivity index (χ1) is 12.2. The Labute approximate surface area is 153 Å². The van der Waals surface area contributed by atoms with Gasteiger partial charge in [0, 0.05) is 18.7 Å². The summed E-state index contributed by atoms with van der Waals surface area (Å²) in [6, 6.07) is 1.76. The number of aliphatic hydroxyl groups excluding tert-OH is 1. The Morgan fingerprint density at radius 3 is 2.50 bits per heavy atom. The number of carbonyl (C=O) groups excluding carboxylic acids is 2. The number of carboxylic acid groups (broad SMARTS) is 1. The van der Waals surface area contributed by atoms with Crippen LogP contribution in [0.1, 0.15) is 6.42 Å². The van der Waals surface area contributed by atoms with Crippen LogP contribution in [0.3, 0.4) is 0 Å². The van der Waals surface area contributed by atoms with Crippen LogP contribution in [0.25, 0.3) is 0 Å². The summed E-state index contributed by atoms with van der Waals surface area (Å²) < 4.78 is 39.6. The molecule has 2 saturated heterocycles. The van der Waals surface area contributed by atoms with E-state index in [-0.39, 0.29) is 29.5 Å². The van der Waals surface area contributed by atoms with E-state index in [2.05, 4.69) is 0 Å². The lowest BCUT2D eigenvalue weighted by Gasteiger charge is -2.30. The normalized spacial score (nSPS) is 27.0. The molecular weight excluding hydrogens is 387 g/mol. The number of thioether (sulfide) groups is 1. The first kappa shape index (κ1) is 19.1. The van der Waals surface area contributed by atoms with Crippen LogP contribution in [-0.4, -0.2) is 71.0 Å². The van der Waals surface area contributed by atoms with Crippen LogP contribution < -0.4 is 5.11 Å². The molecule has 0 bridgehead atoms. The molecule has 2 aliphatic rings. The van der Waals surface area contributed by atoms with Crippen molar-refractivity contribution in [1.82, 2.24) is 9.21 Å². The highest BCUT2D eigenvalue weighted by Crippen LogP contribution is 2.30. The van der Waals surface area contributed by atoms with Gasteiger partial charge in [0.2, 0.25) is 15.9 Å². The molecule has 8 nitrogen and oxygen atoms in total. The van der Waals surface area contributed by atoms with E-state index in [1.54, 1.807) is 0 Å². The molecule has 3 atom stereocenters. The summed E-state index contributed by atoms with van der Waals surface area (Å²) >= 11 is 1.23. The molecule has 0 aliphatic carbocycles. The van der Waals surface area contributed by atoms with Crippen LogP contribution in [0.2, 0.25) is 0 Å². The number of hydrogen-bond donors (Lipinski definition) is 1. The highest BCUT2D eigenvalue weighted by molar-refractivity contribution is 7.99. The average molecular weight is 403 g/mol. The molecule has 1 N–H and O–H groups in total. The van der Waals surface area contributed by atoms with E-state index in [0.29, 0.717) is 0 Å². The van der Waals surface area contributed by atoms with Gasteiger partial charge in [-0.3, -0.25) is 4.79 Å². The van der Waals surface area contributed by atoms with Crippen molar-refractivity contribution in [3.63, 3.8) is 0 Å². The van der Waals surface area contributed by atoms with Crippen molar-refractivity contribution in [2.75, 3.05) is 18.2 Å². The first-order valence-corrected chi connectivity index (χ1v) is 10.4. The summed E-state index contributed by atoms with van der Waals surface area (Å²) in [7, 11) is -4.16. The molecule has 26 heavy (non-hydrogen) atoms. The van der Waals surface area contributed by atoms with Crippen molar-refractivity contribution in [1.29, 1.82) is 0 Å². The molecule has 11 heteroatoms. The average Bonchev–Trinajstić information content (AvgIpc) is 3.21. The van der Waals surface area contributed by atoms with Crippen molar-refractivity contribution in [2.45, 2.75) is 29.5 Å². The Morgan fingerprint density at radius 2 is 1.88 bits per heavy atom. The van der Waals surface area contributed by atoms with Crippen molar-refractivity contribution in [2.24, 2.45) is 0 Å². The van der Waals surface area contributed by atoms with Crippen molar-refractivity contribution in [3.05, 3.63) is 30.1 Å². The number of benzene rings is 1. The first-order valence-electron chi connectivity index (χ1n) is 7.76. The van der Waals surface area contributed by atoms with E-state index in [1.165, 1.54) is 11.8 Å². The van der Waals surface area contributed by atoms with Crippen molar-refractivity contribution < 1.29 is 32.6 Å². The summed E-state index contributed by atoms with van der Waals surface area (Å²) in [6.07, 6.45) is -1.20. The molecule has 2 heterocycles. The summed E-state index contributed by atoms with van der Waals surface area (Å²) in [5.74, 6) is -2.44. The van der Waals surface area contributed by atoms with Crippen LogP contribution in [0.15, 0.2) is 29.2 Å². The fraction of sp³-hybridized carbons (Fsp3) is 0.467. The van der Waals surface area contributed by atoms with Gasteiger partial charge in [0.05, 0.1) is 28.9 Å². The third-order valence-corrected chi connectivity index (χ3v) is 7.28. The largest absolute Gasteiger partial charge is 0.548 e. The number of β-amino-alcohol motifs (C(OH)–C–C–N with tert-alkyl or cyclic N) is 1. The minimum absolute atomic E-state index is 0.106. The highest BCUT2D eigenvalue weighted by Gasteiger charge is 2.46. The van der Waals surface area contributed by atoms with E-state index in [1.807, 2.05) is 0 Å². The van der Waals surface area contributed by atoms with Gasteiger partial charge >= 0.3 is 0 Å². The second kappa shape index (κ2) is 7.14. The van der Waals surface area contributed by atoms with Crippen LogP contribution in [0, 0.1) is 5.82 Å². The maximum atomic E-state index is 13.1. The van der Waals surface area contributed by atoms with E-state index in [0.717, 1.165) is 33.5 Å². The number of aliphatic carboxylic acids is 1. The van der Waals surface area contributed by atoms with Gasteiger partial charge in [0.1, 0.15) is 11.9 Å². The van der Waals surface area contributed by atoms with Crippen LogP contribution in [-0.2, 0) is 19.6 Å². The SMILES string of the molecule is O=C([O-])[C@H]1CSCN1C(=O)[C@H]1C[C@@H](O)CN1S(=O)(=O)c1ccc(F)cc1. The third-order valence-electron chi connectivity index (χ3n) is 4.38. The van der Waals surface area contributed by atoms with Gasteiger partial charge in [-0.25, -0.2) is 12.8 Å². The number of hydrogen-bond acceptors (Lipinski definition) is 7. The Morgan fingerprint density at radius 1 is 1.23 bits per heavy atom. The summed E-state index contributed by atoms with van der Waals surface area (Å²) in [4.78, 5) is 24.8. The molecule has 0 saturated carbocycles. The van der Waals surface area contributed by atoms with Gasteiger partial charge in [-0.1, -0.05) is 0 Å². The molecule has 0 unspecified atom stereocenters. The number of sulfonamides is 1. The zero-order chi connectivity index (χ0) is 19.1. The molecule has 3 rings (SSSR count). The lowest BCUT2D eigenvalue weighted by Crippen LogP contribution is -2.54. The van der Waals surface area contributed by atoms with Gasteiger partial charge in [0.25, 0.3) is 0 Å². The minimum atomic E-state index is -4.16. The second-order valence-corrected chi connectivity index (χ2v) is 8.97. The van der Waals surface area contributed by atoms with E-state index >= 15 is 0 Å². The molecular formula is C15H16FN2O6S2-. The topological polar surface area (TPSA) is 118 Å². The number of aliphatic hydroxyl groups is 1. The smallest absolute Gasteiger partial charge is 0.243 e. The number of nitrogens with zero attached hydrogens (tertiary/aromatic N) is 2. The number of carboxylic acids is 1. The summed E-state index contributed by atoms with van der Waals surface area (Å²) in [5, 5.41) is 21.1. The molecule has 0 spiro atoms. The van der Waals surface area contributed by atoms with E-state index in [4.69, 9.17) is 0 Å². The number of halogens is 1. The second-order valence-electron chi connectivity index (χ2n) is 6.08. The van der Waals surface area contributed by atoms with Crippen molar-refractivity contribution >= 4 is 33.7 Å². The summed E-state index contributed by atoms with van der Waals surface area (Å²) in [5.41, 5.74) is 0. The molecule has 142 valence electrons. The fourth-order valence-corrected chi connectivity index (χ4v) is 5.84. The lowest BCUT2D eigenvalue weighted by molar-refractivity contribution is -0.310. The Hall–Kier alpha value is -1.69. The zero-order valence-electron chi connectivity index (χ0n) is 13.4. The van der Waals surface area contributed by atoms with Crippen LogP contribution >= 0.6 is 11.8 Å². The lowest BCUT2D eigenvalue weighted by atomic mass is 10.1. The number of carbonyl (C=O) groups is 2. The molecule has 1 amide bonds. The molecule has 0 radical (unpaired) electrons. The maximum absolute atomic E-state index is 13.1. The molecule has 1 aromatic rings. The molecule has 1 aromatic carbocycles. The van der Waals surface area contributed by atoms with Crippen LogP contribution in [0.4, 0.5) is 4.39 Å². The quantitative estimate of drug-likeness (QED) is 0.657. The minimum Gasteiger partial charge on any atom is -0.548 e. The van der Waals surface area contributed by atoms with Gasteiger partial charge in [-0.2, -0.15) is 4.31 Å². The van der Waals surface area contributed by atoms with Crippen molar-refractivity contribution in [3.8, 4) is 0 Å². The Kier molecular flexibility index (Phi) is 5.24. The van der Waals surface area contributed by atoms with Gasteiger partial charge < -0.3 is 19.9 Å². The highest BCUT2D eigenvalue weighted by atomic mass is 32.2. The molecule has 0 aromatic heterocycles. The van der Waals surface area contributed by atoms with Gasteiger partial charge in [0.15, 0.2) is 0 Å². The van der Waals surface area contributed by atoms with E-state index in [9.17, 15) is 32.6 Å². The zero-order valence-corrected chi connectivity index (χ0v) is 15.1. The number of rotatable bonds is 4. The monoisotopic (exact) mass is 403 g/mol. The third kappa shape index (κ3) is 3.43.